The molecule has 11 heteroatoms. The van der Waals surface area contributed by atoms with E-state index in [-0.39, 0.29) is 24.3 Å². The van der Waals surface area contributed by atoms with Crippen molar-refractivity contribution < 1.29 is 39.6 Å². The molecular formula is C22H25N3O8. The molecule has 0 spiro atoms. The number of amides is 2. The van der Waals surface area contributed by atoms with Crippen molar-refractivity contribution in [2.75, 3.05) is 0 Å². The first-order valence-corrected chi connectivity index (χ1v) is 9.92. The number of carboxylic acids is 2. The third-order valence-electron chi connectivity index (χ3n) is 4.73. The highest BCUT2D eigenvalue weighted by molar-refractivity contribution is 5.93. The Hall–Kier alpha value is -4.12. The van der Waals surface area contributed by atoms with Gasteiger partial charge in [-0.1, -0.05) is 24.3 Å². The number of nitrogens with one attached hydrogen (secondary N) is 2. The highest BCUT2D eigenvalue weighted by atomic mass is 16.4. The molecule has 0 aliphatic carbocycles. The predicted octanol–water partition coefficient (Wildman–Crippen LogP) is -0.261. The molecule has 2 aromatic rings. The Morgan fingerprint density at radius 3 is 1.58 bits per heavy atom. The molecular weight excluding hydrogens is 434 g/mol. The van der Waals surface area contributed by atoms with E-state index in [1.54, 1.807) is 0 Å². The predicted molar refractivity (Wildman–Crippen MR) is 115 cm³/mol. The number of aromatic hydroxyl groups is 2. The van der Waals surface area contributed by atoms with Crippen LogP contribution in [0, 0.1) is 0 Å². The lowest BCUT2D eigenvalue weighted by Gasteiger charge is -2.23. The van der Waals surface area contributed by atoms with Crippen molar-refractivity contribution >= 4 is 23.8 Å². The fraction of sp³-hybridized carbons (Fsp3) is 0.273. The molecule has 0 saturated carbocycles. The zero-order valence-electron chi connectivity index (χ0n) is 17.5. The van der Waals surface area contributed by atoms with Crippen LogP contribution >= 0.6 is 0 Å². The number of rotatable bonds is 11. The Morgan fingerprint density at radius 2 is 1.15 bits per heavy atom. The number of carbonyl (C=O) groups is 4. The third kappa shape index (κ3) is 8.15. The normalized spacial score (nSPS) is 13.4. The van der Waals surface area contributed by atoms with E-state index in [9.17, 15) is 34.5 Å². The van der Waals surface area contributed by atoms with Gasteiger partial charge in [-0.3, -0.25) is 14.4 Å². The van der Waals surface area contributed by atoms with E-state index in [0.717, 1.165) is 0 Å². The summed E-state index contributed by atoms with van der Waals surface area (Å²) in [6.07, 6.45) is -0.805. The molecule has 2 aromatic carbocycles. The molecule has 8 N–H and O–H groups in total. The monoisotopic (exact) mass is 459 g/mol. The first kappa shape index (κ1) is 25.1. The highest BCUT2D eigenvalue weighted by Gasteiger charge is 2.29. The van der Waals surface area contributed by atoms with E-state index in [1.807, 2.05) is 0 Å². The summed E-state index contributed by atoms with van der Waals surface area (Å²) in [4.78, 5) is 47.8. The van der Waals surface area contributed by atoms with Gasteiger partial charge < -0.3 is 36.8 Å². The van der Waals surface area contributed by atoms with Crippen LogP contribution < -0.4 is 16.4 Å². The first-order valence-electron chi connectivity index (χ1n) is 9.92. The molecule has 0 bridgehead atoms. The van der Waals surface area contributed by atoms with E-state index in [0.29, 0.717) is 11.1 Å². The summed E-state index contributed by atoms with van der Waals surface area (Å²) in [7, 11) is 0. The number of nitrogens with two attached hydrogens (primary N) is 1. The van der Waals surface area contributed by atoms with Crippen LogP contribution in [0.25, 0.3) is 0 Å². The quantitative estimate of drug-likeness (QED) is 0.236. The molecule has 0 saturated heterocycles. The minimum absolute atomic E-state index is 0.00374. The van der Waals surface area contributed by atoms with Gasteiger partial charge in [0.25, 0.3) is 0 Å². The molecule has 33 heavy (non-hydrogen) atoms. The molecule has 0 aliphatic rings. The minimum Gasteiger partial charge on any atom is -0.508 e. The maximum atomic E-state index is 12.9. The Kier molecular flexibility index (Phi) is 8.75. The van der Waals surface area contributed by atoms with Crippen molar-refractivity contribution in [1.82, 2.24) is 10.6 Å². The van der Waals surface area contributed by atoms with Crippen LogP contribution in [-0.2, 0) is 32.0 Å². The molecule has 2 amide bonds. The van der Waals surface area contributed by atoms with Crippen molar-refractivity contribution in [3.8, 4) is 11.5 Å². The Balaban J connectivity index is 2.19. The SMILES string of the molecule is N[C@@H](CC(=O)O)C(=O)N[C@@H](Cc1ccc(O)cc1)C(=O)N[C@@H](Cc1ccc(O)cc1)C(=O)O. The lowest BCUT2D eigenvalue weighted by atomic mass is 10.0. The third-order valence-corrected chi connectivity index (χ3v) is 4.73. The van der Waals surface area contributed by atoms with E-state index in [4.69, 9.17) is 10.8 Å². The maximum Gasteiger partial charge on any atom is 0.326 e. The summed E-state index contributed by atoms with van der Waals surface area (Å²) in [6, 6.07) is 7.58. The van der Waals surface area contributed by atoms with Gasteiger partial charge >= 0.3 is 11.9 Å². The summed E-state index contributed by atoms with van der Waals surface area (Å²) in [5.74, 6) is -4.31. The summed E-state index contributed by atoms with van der Waals surface area (Å²) in [5.41, 5.74) is 6.66. The summed E-state index contributed by atoms with van der Waals surface area (Å²) in [6.45, 7) is 0. The van der Waals surface area contributed by atoms with Crippen LogP contribution in [0.2, 0.25) is 0 Å². The second-order valence-corrected chi connectivity index (χ2v) is 7.41. The maximum absolute atomic E-state index is 12.9. The minimum atomic E-state index is -1.41. The first-order chi connectivity index (χ1) is 15.5. The zero-order valence-corrected chi connectivity index (χ0v) is 17.5. The van der Waals surface area contributed by atoms with Gasteiger partial charge in [0.1, 0.15) is 23.6 Å². The van der Waals surface area contributed by atoms with E-state index < -0.39 is 48.3 Å². The number of hydrogen-bond acceptors (Lipinski definition) is 7. The number of benzene rings is 2. The summed E-state index contributed by atoms with van der Waals surface area (Å²) < 4.78 is 0. The van der Waals surface area contributed by atoms with Gasteiger partial charge in [-0.25, -0.2) is 4.79 Å². The highest BCUT2D eigenvalue weighted by Crippen LogP contribution is 2.13. The largest absolute Gasteiger partial charge is 0.508 e. The van der Waals surface area contributed by atoms with Crippen LogP contribution in [0.5, 0.6) is 11.5 Å². The second kappa shape index (κ2) is 11.5. The molecule has 0 heterocycles. The van der Waals surface area contributed by atoms with E-state index >= 15 is 0 Å². The number of carbonyl (C=O) groups excluding carboxylic acids is 2. The standard InChI is InChI=1S/C22H25N3O8/c23-16(11-19(28)29)20(30)24-17(9-12-1-5-14(26)6-2-12)21(31)25-18(22(32)33)10-13-3-7-15(27)8-4-13/h1-8,16-18,26-27H,9-11,23H2,(H,24,30)(H,25,31)(H,28,29)(H,32,33)/t16-,17-,18-/m0/s1. The van der Waals surface area contributed by atoms with Crippen molar-refractivity contribution in [2.45, 2.75) is 37.4 Å². The van der Waals surface area contributed by atoms with Gasteiger partial charge in [0.05, 0.1) is 12.5 Å². The molecule has 0 aliphatic heterocycles. The fourth-order valence-corrected chi connectivity index (χ4v) is 2.98. The van der Waals surface area contributed by atoms with Crippen LogP contribution in [0.4, 0.5) is 0 Å². The van der Waals surface area contributed by atoms with Crippen molar-refractivity contribution in [2.24, 2.45) is 5.73 Å². The molecule has 176 valence electrons. The zero-order chi connectivity index (χ0) is 24.5. The van der Waals surface area contributed by atoms with Crippen molar-refractivity contribution in [1.29, 1.82) is 0 Å². The van der Waals surface area contributed by atoms with Gasteiger partial charge in [-0.2, -0.15) is 0 Å². The second-order valence-electron chi connectivity index (χ2n) is 7.41. The van der Waals surface area contributed by atoms with Crippen LogP contribution in [0.1, 0.15) is 17.5 Å². The number of carboxylic acid groups (broad SMARTS) is 2. The van der Waals surface area contributed by atoms with Crippen LogP contribution in [0.3, 0.4) is 0 Å². The van der Waals surface area contributed by atoms with E-state index in [1.165, 1.54) is 48.5 Å². The van der Waals surface area contributed by atoms with Crippen LogP contribution in [-0.4, -0.2) is 62.3 Å². The van der Waals surface area contributed by atoms with Gasteiger partial charge in [-0.05, 0) is 35.4 Å². The number of aliphatic carboxylic acids is 2. The molecule has 0 radical (unpaired) electrons. The molecule has 0 fully saturated rings. The van der Waals surface area contributed by atoms with Crippen molar-refractivity contribution in [3.63, 3.8) is 0 Å². The average molecular weight is 459 g/mol. The van der Waals surface area contributed by atoms with Gasteiger partial charge in [0.2, 0.25) is 11.8 Å². The topological polar surface area (TPSA) is 199 Å². The van der Waals surface area contributed by atoms with Gasteiger partial charge in [0.15, 0.2) is 0 Å². The van der Waals surface area contributed by atoms with Gasteiger partial charge in [0, 0.05) is 12.8 Å². The number of phenols is 2. The fourth-order valence-electron chi connectivity index (χ4n) is 2.98. The van der Waals surface area contributed by atoms with Crippen LogP contribution in [0.15, 0.2) is 48.5 Å². The van der Waals surface area contributed by atoms with Gasteiger partial charge in [-0.15, -0.1) is 0 Å². The average Bonchev–Trinajstić information content (AvgIpc) is 2.75. The Morgan fingerprint density at radius 1 is 0.727 bits per heavy atom. The lowest BCUT2D eigenvalue weighted by molar-refractivity contribution is -0.142. The molecule has 0 aromatic heterocycles. The van der Waals surface area contributed by atoms with Crippen molar-refractivity contribution in [3.05, 3.63) is 59.7 Å². The molecule has 0 unspecified atom stereocenters. The summed E-state index contributed by atoms with van der Waals surface area (Å²) in [5, 5.41) is 41.9. The Bertz CT molecular complexity index is 992. The Labute approximate surface area is 188 Å². The number of hydrogen-bond donors (Lipinski definition) is 7. The molecule has 3 atom stereocenters. The summed E-state index contributed by atoms with van der Waals surface area (Å²) >= 11 is 0. The number of phenolic OH excluding ortho intramolecular Hbond substituents is 2. The lowest BCUT2D eigenvalue weighted by Crippen LogP contribution is -2.55. The smallest absolute Gasteiger partial charge is 0.326 e. The molecule has 11 nitrogen and oxygen atoms in total. The molecule has 2 rings (SSSR count). The van der Waals surface area contributed by atoms with E-state index in [2.05, 4.69) is 10.6 Å².